The summed E-state index contributed by atoms with van der Waals surface area (Å²) in [5, 5.41) is 9.37. The average molecular weight is 344 g/mol. The Bertz CT molecular complexity index is 642. The maximum absolute atomic E-state index is 6.04. The van der Waals surface area contributed by atoms with E-state index in [1.54, 1.807) is 18.9 Å². The van der Waals surface area contributed by atoms with Crippen LogP contribution < -0.4 is 4.74 Å². The van der Waals surface area contributed by atoms with Crippen molar-refractivity contribution in [1.82, 2.24) is 14.8 Å². The first-order valence-corrected chi connectivity index (χ1v) is 8.30. The first-order chi connectivity index (χ1) is 10.0. The summed E-state index contributed by atoms with van der Waals surface area (Å²) in [6.07, 6.45) is 0.853. The number of ether oxygens (including phenoxy) is 1. The predicted molar refractivity (Wildman–Crippen MR) is 86.3 cm³/mol. The van der Waals surface area contributed by atoms with Crippen molar-refractivity contribution < 1.29 is 4.74 Å². The van der Waals surface area contributed by atoms with E-state index < -0.39 is 4.33 Å². The smallest absolute Gasteiger partial charge is 0.191 e. The van der Waals surface area contributed by atoms with Gasteiger partial charge in [0.1, 0.15) is 10.1 Å². The van der Waals surface area contributed by atoms with Gasteiger partial charge in [0.15, 0.2) is 11.0 Å². The van der Waals surface area contributed by atoms with Gasteiger partial charge in [-0.25, -0.2) is 0 Å². The minimum Gasteiger partial charge on any atom is -0.497 e. The zero-order valence-corrected chi connectivity index (χ0v) is 14.0. The molecular formula is C14H15Cl2N3OS. The number of rotatable bonds is 5. The molecule has 1 atom stereocenters. The zero-order chi connectivity index (χ0) is 15.0. The monoisotopic (exact) mass is 343 g/mol. The molecule has 7 heteroatoms. The van der Waals surface area contributed by atoms with Crippen LogP contribution in [0.1, 0.15) is 6.42 Å². The fraction of sp³-hybridized carbons (Fsp3) is 0.429. The lowest BCUT2D eigenvalue weighted by Crippen LogP contribution is -1.98. The molecule has 0 bridgehead atoms. The van der Waals surface area contributed by atoms with Crippen LogP contribution >= 0.6 is 35.0 Å². The summed E-state index contributed by atoms with van der Waals surface area (Å²) >= 11 is 13.7. The highest BCUT2D eigenvalue weighted by molar-refractivity contribution is 7.99. The van der Waals surface area contributed by atoms with E-state index in [9.17, 15) is 0 Å². The molecule has 1 fully saturated rings. The Morgan fingerprint density at radius 1 is 1.33 bits per heavy atom. The van der Waals surface area contributed by atoms with Crippen LogP contribution in [0.3, 0.4) is 0 Å². The first kappa shape index (κ1) is 15.0. The van der Waals surface area contributed by atoms with Crippen molar-refractivity contribution in [3.05, 3.63) is 24.3 Å². The summed E-state index contributed by atoms with van der Waals surface area (Å²) in [7, 11) is 3.61. The maximum Gasteiger partial charge on any atom is 0.191 e. The SMILES string of the molecule is COc1ccc(-c2nnc(SC[C@H]3CC3(Cl)Cl)n2C)cc1. The highest BCUT2D eigenvalue weighted by atomic mass is 35.5. The quantitative estimate of drug-likeness (QED) is 0.611. The number of nitrogens with zero attached hydrogens (tertiary/aromatic N) is 3. The molecule has 3 rings (SSSR count). The van der Waals surface area contributed by atoms with E-state index in [1.807, 2.05) is 35.9 Å². The van der Waals surface area contributed by atoms with Gasteiger partial charge in [0.05, 0.1) is 7.11 Å². The van der Waals surface area contributed by atoms with Gasteiger partial charge in [-0.05, 0) is 30.7 Å². The Balaban J connectivity index is 1.72. The topological polar surface area (TPSA) is 39.9 Å². The molecule has 1 heterocycles. The molecule has 0 amide bonds. The van der Waals surface area contributed by atoms with Crippen molar-refractivity contribution in [3.8, 4) is 17.1 Å². The maximum atomic E-state index is 6.04. The summed E-state index contributed by atoms with van der Waals surface area (Å²) in [6, 6.07) is 7.77. The standard InChI is InChI=1S/C14H15Cl2N3OS/c1-19-12(9-3-5-11(20-2)6-4-9)17-18-13(19)21-8-10-7-14(10,15)16/h3-6,10H,7-8H2,1-2H3/t10-/m1/s1. The number of thioether (sulfide) groups is 1. The van der Waals surface area contributed by atoms with E-state index in [2.05, 4.69) is 10.2 Å². The van der Waals surface area contributed by atoms with Crippen LogP contribution in [0.2, 0.25) is 0 Å². The van der Waals surface area contributed by atoms with Crippen LogP contribution in [0, 0.1) is 5.92 Å². The van der Waals surface area contributed by atoms with Gasteiger partial charge in [0.2, 0.25) is 0 Å². The minimum atomic E-state index is -0.537. The van der Waals surface area contributed by atoms with E-state index in [4.69, 9.17) is 27.9 Å². The van der Waals surface area contributed by atoms with Gasteiger partial charge in [0, 0.05) is 24.3 Å². The normalized spacial score (nSPS) is 19.5. The lowest BCUT2D eigenvalue weighted by Gasteiger charge is -2.05. The van der Waals surface area contributed by atoms with E-state index in [0.717, 1.165) is 34.5 Å². The number of aromatic nitrogens is 3. The van der Waals surface area contributed by atoms with E-state index >= 15 is 0 Å². The first-order valence-electron chi connectivity index (χ1n) is 6.55. The average Bonchev–Trinajstić information content (AvgIpc) is 2.92. The molecule has 2 aromatic rings. The number of halogens is 2. The Labute approximate surface area is 137 Å². The fourth-order valence-corrected chi connectivity index (χ4v) is 3.90. The Morgan fingerprint density at radius 2 is 2.00 bits per heavy atom. The number of methoxy groups -OCH3 is 1. The van der Waals surface area contributed by atoms with Crippen LogP contribution in [0.5, 0.6) is 5.75 Å². The third-order valence-electron chi connectivity index (χ3n) is 3.55. The number of benzene rings is 1. The van der Waals surface area contributed by atoms with E-state index in [-0.39, 0.29) is 0 Å². The number of hydrogen-bond donors (Lipinski definition) is 0. The molecule has 4 nitrogen and oxygen atoms in total. The predicted octanol–water partition coefficient (Wildman–Crippen LogP) is 3.78. The van der Waals surface area contributed by atoms with Crippen molar-refractivity contribution >= 4 is 35.0 Å². The molecule has 0 N–H and O–H groups in total. The second-order valence-corrected chi connectivity index (χ2v) is 7.60. The minimum absolute atomic E-state index is 0.340. The summed E-state index contributed by atoms with van der Waals surface area (Å²) in [4.78, 5) is 0. The number of hydrogen-bond acceptors (Lipinski definition) is 4. The summed E-state index contributed by atoms with van der Waals surface area (Å²) in [5.74, 6) is 2.86. The van der Waals surface area contributed by atoms with Crippen LogP contribution in [0.25, 0.3) is 11.4 Å². The van der Waals surface area contributed by atoms with Crippen LogP contribution in [-0.2, 0) is 7.05 Å². The lowest BCUT2D eigenvalue weighted by atomic mass is 10.2. The molecule has 1 aromatic carbocycles. The van der Waals surface area contributed by atoms with Gasteiger partial charge in [-0.2, -0.15) is 0 Å². The molecular weight excluding hydrogens is 329 g/mol. The van der Waals surface area contributed by atoms with Gasteiger partial charge < -0.3 is 9.30 Å². The molecule has 0 aliphatic heterocycles. The van der Waals surface area contributed by atoms with Gasteiger partial charge in [0.25, 0.3) is 0 Å². The lowest BCUT2D eigenvalue weighted by molar-refractivity contribution is 0.415. The second-order valence-electron chi connectivity index (χ2n) is 5.07. The van der Waals surface area contributed by atoms with Gasteiger partial charge in [-0.15, -0.1) is 33.4 Å². The molecule has 0 unspecified atom stereocenters. The van der Waals surface area contributed by atoms with Crippen molar-refractivity contribution in [2.45, 2.75) is 15.9 Å². The largest absolute Gasteiger partial charge is 0.497 e. The van der Waals surface area contributed by atoms with Gasteiger partial charge >= 0.3 is 0 Å². The number of alkyl halides is 2. The van der Waals surface area contributed by atoms with Gasteiger partial charge in [-0.1, -0.05) is 11.8 Å². The van der Waals surface area contributed by atoms with Crippen molar-refractivity contribution in [1.29, 1.82) is 0 Å². The van der Waals surface area contributed by atoms with Crippen molar-refractivity contribution in [2.24, 2.45) is 13.0 Å². The van der Waals surface area contributed by atoms with Crippen LogP contribution in [0.15, 0.2) is 29.4 Å². The highest BCUT2D eigenvalue weighted by Crippen LogP contribution is 2.54. The molecule has 1 aliphatic carbocycles. The third-order valence-corrected chi connectivity index (χ3v) is 5.66. The summed E-state index contributed by atoms with van der Waals surface area (Å²) < 4.78 is 6.61. The molecule has 1 aromatic heterocycles. The van der Waals surface area contributed by atoms with Crippen molar-refractivity contribution in [2.75, 3.05) is 12.9 Å². The van der Waals surface area contributed by atoms with Crippen LogP contribution in [0.4, 0.5) is 0 Å². The van der Waals surface area contributed by atoms with Crippen LogP contribution in [-0.4, -0.2) is 32.0 Å². The van der Waals surface area contributed by atoms with E-state index in [1.165, 1.54) is 0 Å². The summed E-state index contributed by atoms with van der Waals surface area (Å²) in [5.41, 5.74) is 1.01. The van der Waals surface area contributed by atoms with Gasteiger partial charge in [-0.3, -0.25) is 0 Å². The Hall–Kier alpha value is -0.910. The molecule has 0 spiro atoms. The third kappa shape index (κ3) is 3.15. The molecule has 0 radical (unpaired) electrons. The summed E-state index contributed by atoms with van der Waals surface area (Å²) in [6.45, 7) is 0. The highest BCUT2D eigenvalue weighted by Gasteiger charge is 2.51. The van der Waals surface area contributed by atoms with Crippen molar-refractivity contribution in [3.63, 3.8) is 0 Å². The fourth-order valence-electron chi connectivity index (χ4n) is 2.06. The molecule has 112 valence electrons. The Morgan fingerprint density at radius 3 is 2.57 bits per heavy atom. The zero-order valence-electron chi connectivity index (χ0n) is 11.7. The molecule has 1 aliphatic rings. The molecule has 1 saturated carbocycles. The Kier molecular flexibility index (Phi) is 4.08. The molecule has 0 saturated heterocycles. The molecule has 21 heavy (non-hydrogen) atoms. The second kappa shape index (κ2) is 5.71. The van der Waals surface area contributed by atoms with E-state index in [0.29, 0.717) is 5.92 Å².